The van der Waals surface area contributed by atoms with Crippen molar-refractivity contribution in [3.8, 4) is 0 Å². The zero-order valence-corrected chi connectivity index (χ0v) is 15.9. The van der Waals surface area contributed by atoms with Gasteiger partial charge in [0.15, 0.2) is 5.13 Å². The van der Waals surface area contributed by atoms with Crippen LogP contribution >= 0.6 is 46.7 Å². The summed E-state index contributed by atoms with van der Waals surface area (Å²) in [6, 6.07) is 3.88. The number of rotatable bonds is 5. The van der Waals surface area contributed by atoms with Gasteiger partial charge in [-0.25, -0.2) is 4.98 Å². The first kappa shape index (κ1) is 17.3. The molecule has 3 heterocycles. The molecule has 2 amide bonds. The van der Waals surface area contributed by atoms with Gasteiger partial charge in [0.1, 0.15) is 4.32 Å². The highest BCUT2D eigenvalue weighted by atomic mass is 32.2. The summed E-state index contributed by atoms with van der Waals surface area (Å²) in [4.78, 5) is 31.7. The topological polar surface area (TPSA) is 62.3 Å². The second-order valence-electron chi connectivity index (χ2n) is 4.94. The monoisotopic (exact) mass is 395 g/mol. The van der Waals surface area contributed by atoms with Gasteiger partial charge < -0.3 is 5.32 Å². The van der Waals surface area contributed by atoms with Crippen molar-refractivity contribution in [2.24, 2.45) is 0 Å². The van der Waals surface area contributed by atoms with E-state index in [0.29, 0.717) is 14.4 Å². The van der Waals surface area contributed by atoms with Crippen molar-refractivity contribution in [2.45, 2.75) is 13.3 Å². The van der Waals surface area contributed by atoms with Crippen LogP contribution in [0.2, 0.25) is 0 Å². The third-order valence-electron chi connectivity index (χ3n) is 3.12. The Balaban J connectivity index is 1.58. The molecular weight excluding hydrogens is 382 g/mol. The van der Waals surface area contributed by atoms with E-state index >= 15 is 0 Å². The number of carbonyl (C=O) groups excluding carboxylic acids is 2. The number of thiophene rings is 1. The largest absolute Gasteiger partial charge is 0.302 e. The molecule has 0 unspecified atom stereocenters. The SMILES string of the molecule is Cc1csc(NC(=O)CCN2C(=O)/C(=C\c3cccs3)SC2=S)n1. The maximum Gasteiger partial charge on any atom is 0.266 e. The lowest BCUT2D eigenvalue weighted by Gasteiger charge is -2.13. The van der Waals surface area contributed by atoms with Crippen LogP contribution in [0.4, 0.5) is 5.13 Å². The summed E-state index contributed by atoms with van der Waals surface area (Å²) in [6.45, 7) is 2.13. The number of amides is 2. The van der Waals surface area contributed by atoms with E-state index in [1.807, 2.05) is 35.9 Å². The minimum absolute atomic E-state index is 0.142. The molecular formula is C15H13N3O2S4. The molecule has 0 atom stereocenters. The molecule has 1 fully saturated rings. The predicted octanol–water partition coefficient (Wildman–Crippen LogP) is 3.74. The van der Waals surface area contributed by atoms with Crippen LogP contribution in [0.1, 0.15) is 17.0 Å². The van der Waals surface area contributed by atoms with Crippen molar-refractivity contribution in [3.63, 3.8) is 0 Å². The number of nitrogens with one attached hydrogen (secondary N) is 1. The molecule has 0 aliphatic carbocycles. The van der Waals surface area contributed by atoms with Crippen molar-refractivity contribution in [1.82, 2.24) is 9.88 Å². The van der Waals surface area contributed by atoms with Gasteiger partial charge in [0.05, 0.1) is 10.6 Å². The fourth-order valence-electron chi connectivity index (χ4n) is 2.00. The first-order chi connectivity index (χ1) is 11.5. The van der Waals surface area contributed by atoms with E-state index in [1.165, 1.54) is 28.0 Å². The Kier molecular flexibility index (Phi) is 5.44. The Morgan fingerprint density at radius 2 is 2.29 bits per heavy atom. The van der Waals surface area contributed by atoms with Crippen molar-refractivity contribution >= 4 is 74.0 Å². The number of thiazole rings is 1. The summed E-state index contributed by atoms with van der Waals surface area (Å²) in [7, 11) is 0. The van der Waals surface area contributed by atoms with E-state index in [9.17, 15) is 9.59 Å². The maximum absolute atomic E-state index is 12.4. The molecule has 0 bridgehead atoms. The van der Waals surface area contributed by atoms with Crippen molar-refractivity contribution in [3.05, 3.63) is 38.4 Å². The third-order valence-corrected chi connectivity index (χ3v) is 6.19. The second-order valence-corrected chi connectivity index (χ2v) is 8.45. The maximum atomic E-state index is 12.4. The average molecular weight is 396 g/mol. The van der Waals surface area contributed by atoms with Gasteiger partial charge in [0.25, 0.3) is 5.91 Å². The van der Waals surface area contributed by atoms with Crippen LogP contribution in [0, 0.1) is 6.92 Å². The first-order valence-electron chi connectivity index (χ1n) is 7.04. The lowest BCUT2D eigenvalue weighted by atomic mass is 10.3. The molecule has 124 valence electrons. The minimum atomic E-state index is -0.180. The number of thiocarbonyl (C=S) groups is 1. The van der Waals surface area contributed by atoms with Gasteiger partial charge >= 0.3 is 0 Å². The lowest BCUT2D eigenvalue weighted by Crippen LogP contribution is -2.31. The van der Waals surface area contributed by atoms with Crippen LogP contribution in [-0.2, 0) is 9.59 Å². The molecule has 2 aromatic rings. The summed E-state index contributed by atoms with van der Waals surface area (Å²) in [5.74, 6) is -0.322. The molecule has 2 aromatic heterocycles. The number of aryl methyl sites for hydroxylation is 1. The van der Waals surface area contributed by atoms with Crippen molar-refractivity contribution in [2.75, 3.05) is 11.9 Å². The summed E-state index contributed by atoms with van der Waals surface area (Å²) in [5, 5.41) is 7.12. The van der Waals surface area contributed by atoms with E-state index in [1.54, 1.807) is 11.3 Å². The van der Waals surface area contributed by atoms with Crippen molar-refractivity contribution < 1.29 is 9.59 Å². The highest BCUT2D eigenvalue weighted by Crippen LogP contribution is 2.33. The lowest BCUT2D eigenvalue weighted by molar-refractivity contribution is -0.122. The fourth-order valence-corrected chi connectivity index (χ4v) is 4.74. The first-order valence-corrected chi connectivity index (χ1v) is 10.0. The number of aromatic nitrogens is 1. The van der Waals surface area contributed by atoms with Gasteiger partial charge in [-0.15, -0.1) is 22.7 Å². The molecule has 1 saturated heterocycles. The molecule has 0 spiro atoms. The van der Waals surface area contributed by atoms with E-state index in [2.05, 4.69) is 10.3 Å². The van der Waals surface area contributed by atoms with E-state index in [4.69, 9.17) is 12.2 Å². The minimum Gasteiger partial charge on any atom is -0.302 e. The van der Waals surface area contributed by atoms with Crippen LogP contribution in [-0.4, -0.2) is 32.6 Å². The van der Waals surface area contributed by atoms with Gasteiger partial charge in [0.2, 0.25) is 5.91 Å². The van der Waals surface area contributed by atoms with Gasteiger partial charge in [-0.05, 0) is 24.4 Å². The normalized spacial score (nSPS) is 16.2. The quantitative estimate of drug-likeness (QED) is 0.617. The summed E-state index contributed by atoms with van der Waals surface area (Å²) in [6.07, 6.45) is 2.01. The number of thioether (sulfide) groups is 1. The number of anilines is 1. The average Bonchev–Trinajstić information content (AvgIpc) is 3.23. The fraction of sp³-hybridized carbons (Fsp3) is 0.200. The Bertz CT molecular complexity index is 811. The predicted molar refractivity (Wildman–Crippen MR) is 104 cm³/mol. The highest BCUT2D eigenvalue weighted by Gasteiger charge is 2.32. The molecule has 1 N–H and O–H groups in total. The van der Waals surface area contributed by atoms with Crippen LogP contribution in [0.15, 0.2) is 27.8 Å². The zero-order chi connectivity index (χ0) is 17.1. The molecule has 0 aromatic carbocycles. The Hall–Kier alpha value is -1.55. The van der Waals surface area contributed by atoms with Gasteiger partial charge in [-0.2, -0.15) is 0 Å². The zero-order valence-electron chi connectivity index (χ0n) is 12.6. The number of hydrogen-bond donors (Lipinski definition) is 1. The summed E-state index contributed by atoms with van der Waals surface area (Å²) < 4.78 is 0.487. The Labute approximate surface area is 156 Å². The summed E-state index contributed by atoms with van der Waals surface area (Å²) >= 11 is 9.48. The number of carbonyl (C=O) groups is 2. The standard InChI is InChI=1S/C15H13N3O2S4/c1-9-8-23-14(16-9)17-12(19)4-5-18-13(20)11(24-15(18)21)7-10-3-2-6-22-10/h2-3,6-8H,4-5H2,1H3,(H,16,17,19)/b11-7+. The van der Waals surface area contributed by atoms with Crippen LogP contribution < -0.4 is 5.32 Å². The van der Waals surface area contributed by atoms with Crippen molar-refractivity contribution in [1.29, 1.82) is 0 Å². The Morgan fingerprint density at radius 1 is 1.46 bits per heavy atom. The number of hydrogen-bond acceptors (Lipinski definition) is 7. The molecule has 1 aliphatic heterocycles. The molecule has 3 rings (SSSR count). The van der Waals surface area contributed by atoms with Gasteiger partial charge in [0, 0.05) is 23.2 Å². The summed E-state index contributed by atoms with van der Waals surface area (Å²) in [5.41, 5.74) is 0.867. The molecule has 0 radical (unpaired) electrons. The molecule has 5 nitrogen and oxygen atoms in total. The van der Waals surface area contributed by atoms with Crippen LogP contribution in [0.5, 0.6) is 0 Å². The van der Waals surface area contributed by atoms with E-state index in [0.717, 1.165) is 10.6 Å². The Morgan fingerprint density at radius 3 is 2.96 bits per heavy atom. The highest BCUT2D eigenvalue weighted by molar-refractivity contribution is 8.26. The second kappa shape index (κ2) is 7.56. The van der Waals surface area contributed by atoms with Gasteiger partial charge in [-0.3, -0.25) is 14.5 Å². The smallest absolute Gasteiger partial charge is 0.266 e. The van der Waals surface area contributed by atoms with Crippen LogP contribution in [0.25, 0.3) is 6.08 Å². The molecule has 9 heteroatoms. The molecule has 24 heavy (non-hydrogen) atoms. The molecule has 1 aliphatic rings. The van der Waals surface area contributed by atoms with E-state index < -0.39 is 0 Å². The van der Waals surface area contributed by atoms with Crippen LogP contribution in [0.3, 0.4) is 0 Å². The molecule has 0 saturated carbocycles. The number of nitrogens with zero attached hydrogens (tertiary/aromatic N) is 2. The van der Waals surface area contributed by atoms with E-state index in [-0.39, 0.29) is 24.8 Å². The van der Waals surface area contributed by atoms with Gasteiger partial charge in [-0.1, -0.05) is 30.0 Å². The third kappa shape index (κ3) is 4.10.